The smallest absolute Gasteiger partial charge is 0.339 e. The molecule has 2 aliphatic rings. The predicted molar refractivity (Wildman–Crippen MR) is 106 cm³/mol. The summed E-state index contributed by atoms with van der Waals surface area (Å²) in [4.78, 5) is 15.0. The maximum atomic E-state index is 12.7. The molecule has 6 heteroatoms. The van der Waals surface area contributed by atoms with Crippen LogP contribution in [-0.2, 0) is 24.1 Å². The Morgan fingerprint density at radius 2 is 1.89 bits per heavy atom. The molecule has 0 saturated carbocycles. The Hall–Kier alpha value is -1.56. The molecule has 0 N–H and O–H groups in total. The fourth-order valence-electron chi connectivity index (χ4n) is 4.08. The van der Waals surface area contributed by atoms with E-state index in [0.29, 0.717) is 36.1 Å². The zero-order valence-corrected chi connectivity index (χ0v) is 16.7. The van der Waals surface area contributed by atoms with Gasteiger partial charge in [0.05, 0.1) is 29.9 Å². The van der Waals surface area contributed by atoms with E-state index in [-0.39, 0.29) is 11.7 Å². The molecule has 0 spiro atoms. The number of morpholine rings is 1. The highest BCUT2D eigenvalue weighted by atomic mass is 35.5. The topological polar surface area (TPSA) is 51.9 Å². The molecule has 146 valence electrons. The molecular formula is C21H26ClNO4. The maximum absolute atomic E-state index is 12.7. The molecule has 1 aromatic carbocycles. The van der Waals surface area contributed by atoms with E-state index in [1.54, 1.807) is 0 Å². The molecule has 1 aliphatic carbocycles. The summed E-state index contributed by atoms with van der Waals surface area (Å²) in [6, 6.07) is 1.92. The van der Waals surface area contributed by atoms with Crippen molar-refractivity contribution in [1.29, 1.82) is 0 Å². The SMILES string of the molecule is CC(C)Oc1c(Cl)cc2c3c(c(=O)oc2c1CN1CCOCC1)CCCC3. The second-order valence-electron chi connectivity index (χ2n) is 7.65. The van der Waals surface area contributed by atoms with Gasteiger partial charge in [-0.2, -0.15) is 0 Å². The molecule has 1 saturated heterocycles. The Bertz CT molecular complexity index is 899. The van der Waals surface area contributed by atoms with Crippen molar-refractivity contribution in [2.45, 2.75) is 52.2 Å². The lowest BCUT2D eigenvalue weighted by atomic mass is 9.90. The summed E-state index contributed by atoms with van der Waals surface area (Å²) in [6.07, 6.45) is 3.79. The summed E-state index contributed by atoms with van der Waals surface area (Å²) in [7, 11) is 0. The van der Waals surface area contributed by atoms with Gasteiger partial charge in [-0.25, -0.2) is 4.79 Å². The molecule has 2 aromatic rings. The molecule has 1 aromatic heterocycles. The average Bonchev–Trinajstić information content (AvgIpc) is 2.66. The number of benzene rings is 1. The summed E-state index contributed by atoms with van der Waals surface area (Å²) in [5, 5.41) is 1.55. The van der Waals surface area contributed by atoms with Crippen LogP contribution in [0.2, 0.25) is 5.02 Å². The van der Waals surface area contributed by atoms with E-state index in [2.05, 4.69) is 4.90 Å². The van der Waals surface area contributed by atoms with Crippen molar-refractivity contribution < 1.29 is 13.9 Å². The van der Waals surface area contributed by atoms with Crippen molar-refractivity contribution in [3.05, 3.63) is 38.2 Å². The molecule has 0 unspecified atom stereocenters. The van der Waals surface area contributed by atoms with Gasteiger partial charge in [0.15, 0.2) is 0 Å². The van der Waals surface area contributed by atoms with Gasteiger partial charge >= 0.3 is 5.63 Å². The van der Waals surface area contributed by atoms with E-state index in [4.69, 9.17) is 25.5 Å². The van der Waals surface area contributed by atoms with Crippen molar-refractivity contribution in [3.63, 3.8) is 0 Å². The molecule has 0 bridgehead atoms. The average molecular weight is 392 g/mol. The Balaban J connectivity index is 1.91. The molecule has 1 fully saturated rings. The van der Waals surface area contributed by atoms with Crippen LogP contribution in [0.3, 0.4) is 0 Å². The van der Waals surface area contributed by atoms with Crippen LogP contribution < -0.4 is 10.4 Å². The summed E-state index contributed by atoms with van der Waals surface area (Å²) in [5.74, 6) is 0.629. The van der Waals surface area contributed by atoms with Gasteiger partial charge in [-0.15, -0.1) is 0 Å². The van der Waals surface area contributed by atoms with E-state index in [1.165, 1.54) is 0 Å². The highest BCUT2D eigenvalue weighted by Crippen LogP contribution is 2.39. The number of nitrogens with zero attached hydrogens (tertiary/aromatic N) is 1. The van der Waals surface area contributed by atoms with Crippen molar-refractivity contribution >= 4 is 22.6 Å². The van der Waals surface area contributed by atoms with Crippen LogP contribution in [-0.4, -0.2) is 37.3 Å². The Morgan fingerprint density at radius 1 is 1.19 bits per heavy atom. The number of aryl methyl sites for hydroxylation is 1. The Kier molecular flexibility index (Phi) is 5.44. The van der Waals surface area contributed by atoms with Gasteiger partial charge in [-0.3, -0.25) is 4.90 Å². The molecule has 0 amide bonds. The van der Waals surface area contributed by atoms with E-state index in [9.17, 15) is 4.79 Å². The molecule has 1 aliphatic heterocycles. The Labute approximate surface area is 164 Å². The van der Waals surface area contributed by atoms with Crippen LogP contribution in [0, 0.1) is 0 Å². The fraction of sp³-hybridized carbons (Fsp3) is 0.571. The first-order valence-corrected chi connectivity index (χ1v) is 10.2. The minimum atomic E-state index is -0.210. The number of halogens is 1. The third-order valence-electron chi connectivity index (χ3n) is 5.35. The Morgan fingerprint density at radius 3 is 2.59 bits per heavy atom. The molecule has 5 nitrogen and oxygen atoms in total. The van der Waals surface area contributed by atoms with Gasteiger partial charge in [0.2, 0.25) is 0 Å². The predicted octanol–water partition coefficient (Wildman–Crippen LogP) is 3.94. The van der Waals surface area contributed by atoms with Crippen LogP contribution >= 0.6 is 11.6 Å². The number of hydrogen-bond acceptors (Lipinski definition) is 5. The van der Waals surface area contributed by atoms with Gasteiger partial charge in [0, 0.05) is 30.6 Å². The number of hydrogen-bond donors (Lipinski definition) is 0. The summed E-state index contributed by atoms with van der Waals surface area (Å²) < 4.78 is 17.4. The molecule has 4 rings (SSSR count). The van der Waals surface area contributed by atoms with Crippen molar-refractivity contribution in [2.24, 2.45) is 0 Å². The van der Waals surface area contributed by atoms with Crippen LogP contribution in [0.15, 0.2) is 15.3 Å². The maximum Gasteiger partial charge on any atom is 0.339 e. The van der Waals surface area contributed by atoms with Gasteiger partial charge in [0.1, 0.15) is 11.3 Å². The van der Waals surface area contributed by atoms with E-state index in [1.807, 2.05) is 19.9 Å². The molecular weight excluding hydrogens is 366 g/mol. The minimum absolute atomic E-state index is 0.0206. The van der Waals surface area contributed by atoms with Crippen LogP contribution in [0.25, 0.3) is 11.0 Å². The van der Waals surface area contributed by atoms with Crippen LogP contribution in [0.1, 0.15) is 43.4 Å². The molecule has 2 heterocycles. The van der Waals surface area contributed by atoms with Gasteiger partial charge in [0.25, 0.3) is 0 Å². The third kappa shape index (κ3) is 3.73. The van der Waals surface area contributed by atoms with Gasteiger partial charge in [-0.1, -0.05) is 11.6 Å². The van der Waals surface area contributed by atoms with Crippen molar-refractivity contribution in [2.75, 3.05) is 26.3 Å². The highest BCUT2D eigenvalue weighted by Gasteiger charge is 2.25. The number of ether oxygens (including phenoxy) is 2. The number of fused-ring (bicyclic) bond motifs is 3. The normalized spacial score (nSPS) is 18.1. The molecule has 0 atom stereocenters. The van der Waals surface area contributed by atoms with Crippen LogP contribution in [0.5, 0.6) is 5.75 Å². The summed E-state index contributed by atoms with van der Waals surface area (Å²) in [6.45, 7) is 7.67. The quantitative estimate of drug-likeness (QED) is 0.739. The third-order valence-corrected chi connectivity index (χ3v) is 5.63. The largest absolute Gasteiger partial charge is 0.489 e. The first kappa shape index (κ1) is 18.8. The first-order valence-electron chi connectivity index (χ1n) is 9.81. The van der Waals surface area contributed by atoms with E-state index < -0.39 is 0 Å². The number of rotatable bonds is 4. The van der Waals surface area contributed by atoms with E-state index >= 15 is 0 Å². The van der Waals surface area contributed by atoms with E-state index in [0.717, 1.165) is 60.8 Å². The summed E-state index contributed by atoms with van der Waals surface area (Å²) >= 11 is 6.66. The summed E-state index contributed by atoms with van der Waals surface area (Å²) in [5.41, 5.74) is 3.22. The highest BCUT2D eigenvalue weighted by molar-refractivity contribution is 6.33. The zero-order valence-electron chi connectivity index (χ0n) is 16.0. The second kappa shape index (κ2) is 7.82. The fourth-order valence-corrected chi connectivity index (χ4v) is 4.35. The van der Waals surface area contributed by atoms with Crippen LogP contribution in [0.4, 0.5) is 0 Å². The lowest BCUT2D eigenvalue weighted by Gasteiger charge is -2.28. The van der Waals surface area contributed by atoms with Gasteiger partial charge < -0.3 is 13.9 Å². The lowest BCUT2D eigenvalue weighted by molar-refractivity contribution is 0.0337. The van der Waals surface area contributed by atoms with Crippen molar-refractivity contribution in [3.8, 4) is 5.75 Å². The molecule has 27 heavy (non-hydrogen) atoms. The minimum Gasteiger partial charge on any atom is -0.489 e. The molecule has 0 radical (unpaired) electrons. The standard InChI is InChI=1S/C21H26ClNO4/c1-13(2)26-20-17(12-23-7-9-25-10-8-23)19-16(11-18(20)22)14-5-3-4-6-15(14)21(24)27-19/h11,13H,3-10,12H2,1-2H3. The van der Waals surface area contributed by atoms with Gasteiger partial charge in [-0.05, 0) is 51.2 Å². The lowest BCUT2D eigenvalue weighted by Crippen LogP contribution is -2.36. The zero-order chi connectivity index (χ0) is 19.0. The first-order chi connectivity index (χ1) is 13.0. The monoisotopic (exact) mass is 391 g/mol. The van der Waals surface area contributed by atoms with Crippen molar-refractivity contribution in [1.82, 2.24) is 4.90 Å². The second-order valence-corrected chi connectivity index (χ2v) is 8.06.